The Morgan fingerprint density at radius 3 is 2.41 bits per heavy atom. The van der Waals surface area contributed by atoms with E-state index in [1.165, 1.54) is 75.3 Å². The van der Waals surface area contributed by atoms with Crippen LogP contribution in [0.5, 0.6) is 0 Å². The third-order valence-corrected chi connectivity index (χ3v) is 15.0. The molecule has 7 rings (SSSR count). The summed E-state index contributed by atoms with van der Waals surface area (Å²) >= 11 is 0. The fourth-order valence-corrected chi connectivity index (χ4v) is 12.7. The monoisotopic (exact) mass is 596 g/mol. The molecule has 44 heavy (non-hydrogen) atoms. The lowest BCUT2D eigenvalue weighted by Crippen LogP contribution is -2.67. The lowest BCUT2D eigenvalue weighted by molar-refractivity contribution is -0.216. The predicted molar refractivity (Wildman–Crippen MR) is 180 cm³/mol. The first-order valence-electron chi connectivity index (χ1n) is 17.7. The van der Waals surface area contributed by atoms with Crippen molar-refractivity contribution in [3.8, 4) is 0 Å². The average Bonchev–Trinajstić information content (AvgIpc) is 3.61. The highest BCUT2D eigenvalue weighted by molar-refractivity contribution is 5.78. The van der Waals surface area contributed by atoms with Crippen molar-refractivity contribution in [2.45, 2.75) is 104 Å². The first kappa shape index (κ1) is 30.3. The number of fused-ring (bicyclic) bond motifs is 7. The van der Waals surface area contributed by atoms with Gasteiger partial charge in [-0.15, -0.1) is 0 Å². The number of aryl methyl sites for hydroxylation is 1. The van der Waals surface area contributed by atoms with Crippen LogP contribution in [0, 0.1) is 45.3 Å². The number of hydrogen-bond acceptors (Lipinski definition) is 4. The number of imidazole rings is 1. The van der Waals surface area contributed by atoms with Gasteiger partial charge in [0.1, 0.15) is 6.29 Å². The van der Waals surface area contributed by atoms with Crippen LogP contribution in [0.15, 0.2) is 42.7 Å². The second-order valence-electron chi connectivity index (χ2n) is 16.8. The van der Waals surface area contributed by atoms with Crippen LogP contribution in [0.4, 0.5) is 5.95 Å². The van der Waals surface area contributed by atoms with E-state index in [9.17, 15) is 4.79 Å². The number of rotatable bonds is 7. The van der Waals surface area contributed by atoms with E-state index in [0.717, 1.165) is 48.6 Å². The fourth-order valence-electron chi connectivity index (χ4n) is 12.7. The molecule has 0 saturated heterocycles. The maximum absolute atomic E-state index is 11.3. The molecule has 7 unspecified atom stereocenters. The molecule has 0 spiro atoms. The molecular weight excluding hydrogens is 540 g/mol. The van der Waals surface area contributed by atoms with Gasteiger partial charge in [0.25, 0.3) is 0 Å². The minimum absolute atomic E-state index is 0.120. The molecule has 238 valence electrons. The molecule has 1 aromatic heterocycles. The van der Waals surface area contributed by atoms with Crippen molar-refractivity contribution in [3.63, 3.8) is 0 Å². The van der Waals surface area contributed by atoms with Gasteiger partial charge < -0.3 is 15.2 Å². The number of aromatic nitrogens is 2. The number of anilines is 1. The van der Waals surface area contributed by atoms with Gasteiger partial charge in [0.2, 0.25) is 5.95 Å². The van der Waals surface area contributed by atoms with Gasteiger partial charge in [0.05, 0.1) is 0 Å². The van der Waals surface area contributed by atoms with Crippen molar-refractivity contribution in [2.75, 3.05) is 18.4 Å². The summed E-state index contributed by atoms with van der Waals surface area (Å²) in [5.41, 5.74) is 5.14. The van der Waals surface area contributed by atoms with Crippen molar-refractivity contribution in [2.24, 2.45) is 52.4 Å². The molecule has 5 heteroatoms. The largest absolute Gasteiger partial charge is 0.354 e. The van der Waals surface area contributed by atoms with Crippen LogP contribution in [0.3, 0.4) is 0 Å². The zero-order chi connectivity index (χ0) is 31.0. The van der Waals surface area contributed by atoms with E-state index < -0.39 is 0 Å². The maximum Gasteiger partial charge on any atom is 0.202 e. The van der Waals surface area contributed by atoms with Crippen LogP contribution < -0.4 is 10.6 Å². The maximum atomic E-state index is 11.3. The van der Waals surface area contributed by atoms with E-state index in [-0.39, 0.29) is 5.41 Å². The lowest BCUT2D eigenvalue weighted by Gasteiger charge is -2.72. The quantitative estimate of drug-likeness (QED) is 0.248. The van der Waals surface area contributed by atoms with Gasteiger partial charge in [-0.1, -0.05) is 71.4 Å². The smallest absolute Gasteiger partial charge is 0.202 e. The number of allylic oxidation sites excluding steroid dienone is 2. The van der Waals surface area contributed by atoms with Gasteiger partial charge in [-0.05, 0) is 114 Å². The number of benzene rings is 1. The molecule has 0 amide bonds. The third kappa shape index (κ3) is 4.27. The summed E-state index contributed by atoms with van der Waals surface area (Å²) < 4.78 is 2.06. The van der Waals surface area contributed by atoms with Gasteiger partial charge >= 0.3 is 0 Å². The Balaban J connectivity index is 1.12. The molecule has 1 heterocycles. The molecule has 5 nitrogen and oxygen atoms in total. The van der Waals surface area contributed by atoms with Gasteiger partial charge in [0, 0.05) is 43.6 Å². The molecule has 0 bridgehead atoms. The average molecular weight is 597 g/mol. The molecule has 1 aromatic carbocycles. The first-order valence-corrected chi connectivity index (χ1v) is 17.7. The van der Waals surface area contributed by atoms with E-state index in [1.807, 2.05) is 24.5 Å². The third-order valence-electron chi connectivity index (χ3n) is 15.0. The molecule has 5 aliphatic carbocycles. The standard InChI is InChI=1S/C39H56N4O/c1-35(2)29(28-11-9-27(26-44)10-12-28)15-18-36(3)32(35)16-19-38(5)33(36)14-13-30-31-8-7-17-39(31,21-20-37(30,38)4)42-23-22-40-34-41-24-25-43(34)6/h9-12,15,24-26,30-33,42H,7-8,13-14,16-23H2,1-6H3,(H,40,41)/t30?,31?,32?,33?,36?,37-,38?,39?/m1/s1. The summed E-state index contributed by atoms with van der Waals surface area (Å²) in [7, 11) is 2.05. The van der Waals surface area contributed by atoms with Gasteiger partial charge in [-0.3, -0.25) is 4.79 Å². The lowest BCUT2D eigenvalue weighted by atomic mass is 9.33. The summed E-state index contributed by atoms with van der Waals surface area (Å²) in [4.78, 5) is 15.8. The van der Waals surface area contributed by atoms with Crippen LogP contribution in [-0.2, 0) is 7.05 Å². The highest BCUT2D eigenvalue weighted by atomic mass is 16.1. The summed E-state index contributed by atoms with van der Waals surface area (Å²) in [5.74, 6) is 4.05. The number of carbonyl (C=O) groups excluding carboxylic acids is 1. The van der Waals surface area contributed by atoms with Crippen LogP contribution in [0.1, 0.15) is 115 Å². The van der Waals surface area contributed by atoms with Crippen molar-refractivity contribution in [1.82, 2.24) is 14.9 Å². The molecular formula is C39H56N4O. The summed E-state index contributed by atoms with van der Waals surface area (Å²) in [6, 6.07) is 8.34. The molecule has 5 aliphatic rings. The van der Waals surface area contributed by atoms with Gasteiger partial charge in [0.15, 0.2) is 0 Å². The van der Waals surface area contributed by atoms with E-state index in [1.54, 1.807) is 0 Å². The normalized spacial score (nSPS) is 40.6. The van der Waals surface area contributed by atoms with Crippen LogP contribution in [0.25, 0.3) is 5.57 Å². The Morgan fingerprint density at radius 1 is 0.886 bits per heavy atom. The van der Waals surface area contributed by atoms with Crippen molar-refractivity contribution >= 4 is 17.8 Å². The second kappa shape index (κ2) is 10.6. The van der Waals surface area contributed by atoms with Crippen molar-refractivity contribution in [1.29, 1.82) is 0 Å². The fraction of sp³-hybridized carbons (Fsp3) is 0.692. The summed E-state index contributed by atoms with van der Waals surface area (Å²) in [5, 5.41) is 7.72. The number of aldehydes is 1. The van der Waals surface area contributed by atoms with E-state index in [2.05, 4.69) is 80.1 Å². The van der Waals surface area contributed by atoms with Crippen LogP contribution in [0.2, 0.25) is 0 Å². The Kier molecular flexibility index (Phi) is 7.27. The summed E-state index contributed by atoms with van der Waals surface area (Å²) in [6.45, 7) is 15.2. The summed E-state index contributed by atoms with van der Waals surface area (Å²) in [6.07, 6.45) is 21.0. The zero-order valence-electron chi connectivity index (χ0n) is 28.2. The molecule has 4 fully saturated rings. The number of nitrogens with zero attached hydrogens (tertiary/aromatic N) is 2. The van der Waals surface area contributed by atoms with E-state index >= 15 is 0 Å². The highest BCUT2D eigenvalue weighted by Gasteiger charge is 2.69. The van der Waals surface area contributed by atoms with Crippen molar-refractivity contribution in [3.05, 3.63) is 53.9 Å². The van der Waals surface area contributed by atoms with Crippen molar-refractivity contribution < 1.29 is 4.79 Å². The van der Waals surface area contributed by atoms with Crippen LogP contribution in [-0.4, -0.2) is 34.5 Å². The minimum Gasteiger partial charge on any atom is -0.354 e. The Hall–Kier alpha value is -2.40. The van der Waals surface area contributed by atoms with E-state index in [4.69, 9.17) is 0 Å². The SMILES string of the molecule is Cn1ccnc1NCCNC12CCCC1C1CCC3C4(C)CC=C(c5ccc(C=O)cc5)C(C)(C)C4CCC3(C)[C@]1(C)CC2. The Bertz CT molecular complexity index is 1420. The molecule has 8 atom stereocenters. The molecule has 0 aliphatic heterocycles. The minimum atomic E-state index is 0.120. The number of carbonyl (C=O) groups is 1. The number of nitrogens with one attached hydrogen (secondary N) is 2. The van der Waals surface area contributed by atoms with Crippen LogP contribution >= 0.6 is 0 Å². The topological polar surface area (TPSA) is 59.0 Å². The molecule has 4 saturated carbocycles. The van der Waals surface area contributed by atoms with Gasteiger partial charge in [-0.25, -0.2) is 4.98 Å². The molecule has 0 radical (unpaired) electrons. The second-order valence-corrected chi connectivity index (χ2v) is 16.8. The molecule has 2 N–H and O–H groups in total. The first-order chi connectivity index (χ1) is 21.0. The molecule has 2 aromatic rings. The predicted octanol–water partition coefficient (Wildman–Crippen LogP) is 8.54. The Labute approximate surface area is 266 Å². The van der Waals surface area contributed by atoms with Gasteiger partial charge in [-0.2, -0.15) is 0 Å². The number of hydrogen-bond donors (Lipinski definition) is 2. The highest BCUT2D eigenvalue weighted by Crippen LogP contribution is 2.76. The Morgan fingerprint density at radius 2 is 1.68 bits per heavy atom. The van der Waals surface area contributed by atoms with E-state index in [0.29, 0.717) is 27.7 Å². The zero-order valence-corrected chi connectivity index (χ0v) is 28.2.